The number of rotatable bonds is 9. The second-order valence-corrected chi connectivity index (χ2v) is 6.34. The van der Waals surface area contributed by atoms with Crippen LogP contribution in [0.25, 0.3) is 0 Å². The molecule has 1 aliphatic carbocycles. The van der Waals surface area contributed by atoms with Gasteiger partial charge in [-0.2, -0.15) is 0 Å². The summed E-state index contributed by atoms with van der Waals surface area (Å²) in [5.41, 5.74) is 2.22. The molecule has 0 saturated heterocycles. The zero-order chi connectivity index (χ0) is 17.5. The highest BCUT2D eigenvalue weighted by Crippen LogP contribution is 2.25. The predicted molar refractivity (Wildman–Crippen MR) is 94.1 cm³/mol. The molecular formula is C18H27N3O3. The van der Waals surface area contributed by atoms with Gasteiger partial charge in [-0.3, -0.25) is 14.5 Å². The van der Waals surface area contributed by atoms with E-state index in [1.165, 1.54) is 0 Å². The van der Waals surface area contributed by atoms with E-state index in [-0.39, 0.29) is 24.5 Å². The predicted octanol–water partition coefficient (Wildman–Crippen LogP) is 1.85. The molecule has 1 aliphatic rings. The second-order valence-electron chi connectivity index (χ2n) is 6.34. The van der Waals surface area contributed by atoms with Crippen LogP contribution in [0.2, 0.25) is 0 Å². The largest absolute Gasteiger partial charge is 0.480 e. The molecule has 1 saturated carbocycles. The standard InChI is InChI=1S/C18H27N3O3/c1-3-21(12-18(23)24)15-10-14(11-15)20-17(22)8-9-19-16-7-5-4-6-13(16)2/h4-7,14-15,19H,3,8-12H2,1-2H3,(H,20,22)(H,23,24). The van der Waals surface area contributed by atoms with Crippen LogP contribution in [-0.2, 0) is 9.59 Å². The number of nitrogens with one attached hydrogen (secondary N) is 2. The van der Waals surface area contributed by atoms with Gasteiger partial charge in [0, 0.05) is 30.7 Å². The fourth-order valence-corrected chi connectivity index (χ4v) is 3.06. The highest BCUT2D eigenvalue weighted by molar-refractivity contribution is 5.77. The molecule has 24 heavy (non-hydrogen) atoms. The number of hydrogen-bond acceptors (Lipinski definition) is 4. The third-order valence-corrected chi connectivity index (χ3v) is 4.55. The van der Waals surface area contributed by atoms with Gasteiger partial charge < -0.3 is 15.7 Å². The van der Waals surface area contributed by atoms with Gasteiger partial charge in [-0.1, -0.05) is 25.1 Å². The Labute approximate surface area is 143 Å². The summed E-state index contributed by atoms with van der Waals surface area (Å²) in [5.74, 6) is -0.757. The van der Waals surface area contributed by atoms with Crippen molar-refractivity contribution in [3.63, 3.8) is 0 Å². The van der Waals surface area contributed by atoms with Crippen molar-refractivity contribution < 1.29 is 14.7 Å². The minimum Gasteiger partial charge on any atom is -0.480 e. The molecule has 0 aliphatic heterocycles. The quantitative estimate of drug-likeness (QED) is 0.642. The third-order valence-electron chi connectivity index (χ3n) is 4.55. The molecule has 0 radical (unpaired) electrons. The molecule has 6 heteroatoms. The SMILES string of the molecule is CCN(CC(=O)O)C1CC(NC(=O)CCNc2ccccc2C)C1. The zero-order valence-electron chi connectivity index (χ0n) is 14.4. The Hall–Kier alpha value is -2.08. The summed E-state index contributed by atoms with van der Waals surface area (Å²) >= 11 is 0. The van der Waals surface area contributed by atoms with Gasteiger partial charge in [-0.05, 0) is 37.9 Å². The molecule has 0 spiro atoms. The van der Waals surface area contributed by atoms with Crippen LogP contribution >= 0.6 is 0 Å². The van der Waals surface area contributed by atoms with Crippen LogP contribution in [0.15, 0.2) is 24.3 Å². The van der Waals surface area contributed by atoms with Crippen LogP contribution < -0.4 is 10.6 Å². The fourth-order valence-electron chi connectivity index (χ4n) is 3.06. The lowest BCUT2D eigenvalue weighted by Gasteiger charge is -2.42. The maximum absolute atomic E-state index is 12.0. The molecule has 0 atom stereocenters. The van der Waals surface area contributed by atoms with E-state index in [1.807, 2.05) is 43.0 Å². The number of carbonyl (C=O) groups is 2. The minimum atomic E-state index is -0.799. The van der Waals surface area contributed by atoms with Gasteiger partial charge in [0.05, 0.1) is 6.54 Å². The van der Waals surface area contributed by atoms with Crippen molar-refractivity contribution >= 4 is 17.6 Å². The van der Waals surface area contributed by atoms with E-state index in [9.17, 15) is 9.59 Å². The first kappa shape index (κ1) is 18.3. The van der Waals surface area contributed by atoms with Gasteiger partial charge in [0.1, 0.15) is 0 Å². The maximum atomic E-state index is 12.0. The van der Waals surface area contributed by atoms with Crippen molar-refractivity contribution in [3.8, 4) is 0 Å². The van der Waals surface area contributed by atoms with Crippen LogP contribution in [0, 0.1) is 6.92 Å². The Balaban J connectivity index is 1.64. The van der Waals surface area contributed by atoms with Gasteiger partial charge in [-0.25, -0.2) is 0 Å². The Kier molecular flexibility index (Phi) is 6.61. The summed E-state index contributed by atoms with van der Waals surface area (Å²) < 4.78 is 0. The Morgan fingerprint density at radius 1 is 1.29 bits per heavy atom. The number of carboxylic acids is 1. The molecule has 1 aromatic carbocycles. The number of aliphatic carboxylic acids is 1. The van der Waals surface area contributed by atoms with Crippen LogP contribution in [0.5, 0.6) is 0 Å². The first-order valence-electron chi connectivity index (χ1n) is 8.54. The van der Waals surface area contributed by atoms with E-state index in [2.05, 4.69) is 10.6 Å². The first-order chi connectivity index (χ1) is 11.5. The van der Waals surface area contributed by atoms with Gasteiger partial charge >= 0.3 is 5.97 Å². The molecule has 0 heterocycles. The normalized spacial score (nSPS) is 19.6. The summed E-state index contributed by atoms with van der Waals surface area (Å²) in [6.45, 7) is 5.40. The number of carbonyl (C=O) groups excluding carboxylic acids is 1. The van der Waals surface area contributed by atoms with Crippen LogP contribution in [0.1, 0.15) is 31.7 Å². The number of hydrogen-bond donors (Lipinski definition) is 3. The van der Waals surface area contributed by atoms with E-state index in [0.29, 0.717) is 13.0 Å². The number of aryl methyl sites for hydroxylation is 1. The first-order valence-corrected chi connectivity index (χ1v) is 8.54. The Bertz CT molecular complexity index is 570. The van der Waals surface area contributed by atoms with Crippen molar-refractivity contribution in [2.24, 2.45) is 0 Å². The van der Waals surface area contributed by atoms with Crippen LogP contribution in [0.3, 0.4) is 0 Å². The molecule has 0 bridgehead atoms. The molecule has 0 aromatic heterocycles. The second kappa shape index (κ2) is 8.68. The van der Waals surface area contributed by atoms with Gasteiger partial charge in [-0.15, -0.1) is 0 Å². The van der Waals surface area contributed by atoms with Crippen LogP contribution in [0.4, 0.5) is 5.69 Å². The third kappa shape index (κ3) is 5.23. The molecule has 1 fully saturated rings. The lowest BCUT2D eigenvalue weighted by atomic mass is 9.85. The van der Waals surface area contributed by atoms with Gasteiger partial charge in [0.25, 0.3) is 0 Å². The average Bonchev–Trinajstić information content (AvgIpc) is 2.50. The van der Waals surface area contributed by atoms with Crippen molar-refractivity contribution in [1.29, 1.82) is 0 Å². The van der Waals surface area contributed by atoms with Crippen molar-refractivity contribution in [2.45, 2.75) is 45.2 Å². The summed E-state index contributed by atoms with van der Waals surface area (Å²) in [4.78, 5) is 24.7. The van der Waals surface area contributed by atoms with E-state index >= 15 is 0 Å². The topological polar surface area (TPSA) is 81.7 Å². The van der Waals surface area contributed by atoms with Crippen LogP contribution in [-0.4, -0.2) is 53.6 Å². The van der Waals surface area contributed by atoms with Gasteiger partial charge in [0.2, 0.25) is 5.91 Å². The monoisotopic (exact) mass is 333 g/mol. The van der Waals surface area contributed by atoms with Crippen molar-refractivity contribution in [3.05, 3.63) is 29.8 Å². The summed E-state index contributed by atoms with van der Waals surface area (Å²) in [7, 11) is 0. The summed E-state index contributed by atoms with van der Waals surface area (Å²) in [6.07, 6.45) is 2.10. The highest BCUT2D eigenvalue weighted by atomic mass is 16.4. The van der Waals surface area contributed by atoms with E-state index in [0.717, 1.165) is 30.6 Å². The number of amides is 1. The molecule has 132 valence electrons. The maximum Gasteiger partial charge on any atom is 0.317 e. The van der Waals surface area contributed by atoms with Crippen molar-refractivity contribution in [1.82, 2.24) is 10.2 Å². The number of nitrogens with zero attached hydrogens (tertiary/aromatic N) is 1. The van der Waals surface area contributed by atoms with E-state index < -0.39 is 5.97 Å². The van der Waals surface area contributed by atoms with E-state index in [1.54, 1.807) is 0 Å². The average molecular weight is 333 g/mol. The lowest BCUT2D eigenvalue weighted by molar-refractivity contribution is -0.139. The number of likely N-dealkylation sites (N-methyl/N-ethyl adjacent to an activating group) is 1. The smallest absolute Gasteiger partial charge is 0.317 e. The summed E-state index contributed by atoms with van der Waals surface area (Å²) in [6, 6.07) is 8.44. The molecular weight excluding hydrogens is 306 g/mol. The Morgan fingerprint density at radius 3 is 2.62 bits per heavy atom. The van der Waals surface area contributed by atoms with E-state index in [4.69, 9.17) is 5.11 Å². The summed E-state index contributed by atoms with van der Waals surface area (Å²) in [5, 5.41) is 15.2. The number of anilines is 1. The molecule has 3 N–H and O–H groups in total. The lowest BCUT2D eigenvalue weighted by Crippen LogP contribution is -2.54. The number of para-hydroxylation sites is 1. The Morgan fingerprint density at radius 2 is 2.00 bits per heavy atom. The fraction of sp³-hybridized carbons (Fsp3) is 0.556. The van der Waals surface area contributed by atoms with Crippen molar-refractivity contribution in [2.75, 3.05) is 25.0 Å². The number of carboxylic acid groups (broad SMARTS) is 1. The number of benzene rings is 1. The minimum absolute atomic E-state index is 0.0424. The molecule has 6 nitrogen and oxygen atoms in total. The molecule has 2 rings (SSSR count). The van der Waals surface area contributed by atoms with Gasteiger partial charge in [0.15, 0.2) is 0 Å². The molecule has 0 unspecified atom stereocenters. The highest BCUT2D eigenvalue weighted by Gasteiger charge is 2.34. The molecule has 1 aromatic rings. The zero-order valence-corrected chi connectivity index (χ0v) is 14.4. The molecule has 1 amide bonds.